The Balaban J connectivity index is 1.66. The molecule has 3 fully saturated rings. The number of carbonyl (C=O) groups is 1. The Morgan fingerprint density at radius 3 is 2.15 bits per heavy atom. The smallest absolute Gasteiger partial charge is 0.223 e. The van der Waals surface area contributed by atoms with Crippen molar-refractivity contribution in [3.63, 3.8) is 0 Å². The highest BCUT2D eigenvalue weighted by Crippen LogP contribution is 2.47. The van der Waals surface area contributed by atoms with Crippen LogP contribution in [0.1, 0.15) is 59.3 Å². The Morgan fingerprint density at radius 1 is 1.10 bits per heavy atom. The molecule has 3 N–H and O–H groups in total. The molecule has 3 aliphatic carbocycles. The van der Waals surface area contributed by atoms with Crippen molar-refractivity contribution in [3.05, 3.63) is 0 Å². The number of nitrogens with one attached hydrogen (secondary N) is 1. The molecule has 0 aromatic carbocycles. The topological polar surface area (TPSA) is 55.1 Å². The normalized spacial score (nSPS) is 37.0. The third kappa shape index (κ3) is 2.61. The van der Waals surface area contributed by atoms with Crippen molar-refractivity contribution in [2.24, 2.45) is 34.8 Å². The van der Waals surface area contributed by atoms with Gasteiger partial charge in [-0.05, 0) is 61.7 Å². The second kappa shape index (κ2) is 5.01. The van der Waals surface area contributed by atoms with E-state index in [4.69, 9.17) is 5.73 Å². The van der Waals surface area contributed by atoms with Crippen LogP contribution in [-0.2, 0) is 4.79 Å². The first-order valence-electron chi connectivity index (χ1n) is 8.47. The van der Waals surface area contributed by atoms with Crippen LogP contribution in [0, 0.1) is 29.1 Å². The maximum absolute atomic E-state index is 12.8. The highest BCUT2D eigenvalue weighted by Gasteiger charge is 2.47. The molecule has 0 radical (unpaired) electrons. The Bertz CT molecular complexity index is 372. The molecule has 0 aliphatic heterocycles. The van der Waals surface area contributed by atoms with Gasteiger partial charge in [0.15, 0.2) is 0 Å². The van der Waals surface area contributed by atoms with Crippen molar-refractivity contribution >= 4 is 5.91 Å². The molecule has 20 heavy (non-hydrogen) atoms. The fraction of sp³-hybridized carbons (Fsp3) is 0.941. The van der Waals surface area contributed by atoms with Gasteiger partial charge in [0.2, 0.25) is 5.91 Å². The maximum atomic E-state index is 12.8. The van der Waals surface area contributed by atoms with Crippen LogP contribution in [0.5, 0.6) is 0 Å². The van der Waals surface area contributed by atoms with E-state index in [-0.39, 0.29) is 17.4 Å². The molecule has 3 unspecified atom stereocenters. The molecular formula is C17H30N2O. The summed E-state index contributed by atoms with van der Waals surface area (Å²) < 4.78 is 0. The van der Waals surface area contributed by atoms with Gasteiger partial charge in [0.1, 0.15) is 0 Å². The van der Waals surface area contributed by atoms with Crippen molar-refractivity contribution < 1.29 is 4.79 Å². The fourth-order valence-electron chi connectivity index (χ4n) is 4.12. The average molecular weight is 278 g/mol. The summed E-state index contributed by atoms with van der Waals surface area (Å²) in [5, 5.41) is 3.42. The van der Waals surface area contributed by atoms with Crippen LogP contribution >= 0.6 is 0 Å². The number of amides is 1. The zero-order valence-electron chi connectivity index (χ0n) is 13.2. The van der Waals surface area contributed by atoms with E-state index in [9.17, 15) is 4.79 Å². The fourth-order valence-corrected chi connectivity index (χ4v) is 4.12. The van der Waals surface area contributed by atoms with Gasteiger partial charge in [-0.3, -0.25) is 4.79 Å². The molecule has 0 bridgehead atoms. The first-order valence-corrected chi connectivity index (χ1v) is 8.47. The summed E-state index contributed by atoms with van der Waals surface area (Å²) in [6, 6.07) is 0.723. The lowest BCUT2D eigenvalue weighted by atomic mass is 9.61. The minimum absolute atomic E-state index is 0.0133. The molecule has 3 heteroatoms. The molecule has 3 atom stereocenters. The lowest BCUT2D eigenvalue weighted by Gasteiger charge is -2.46. The largest absolute Gasteiger partial charge is 0.353 e. The maximum Gasteiger partial charge on any atom is 0.223 e. The SMILES string of the molecule is CC1C(N)CCC(C(=O)NC(C2CC2)C2CC2)C1(C)C. The van der Waals surface area contributed by atoms with Crippen molar-refractivity contribution in [2.45, 2.75) is 71.4 Å². The Morgan fingerprint density at radius 2 is 1.65 bits per heavy atom. The third-order valence-electron chi connectivity index (χ3n) is 6.39. The van der Waals surface area contributed by atoms with E-state index < -0.39 is 0 Å². The van der Waals surface area contributed by atoms with Gasteiger partial charge in [0.25, 0.3) is 0 Å². The molecule has 1 amide bonds. The van der Waals surface area contributed by atoms with E-state index in [0.717, 1.165) is 24.7 Å². The van der Waals surface area contributed by atoms with Crippen molar-refractivity contribution in [3.8, 4) is 0 Å². The van der Waals surface area contributed by atoms with Crippen LogP contribution in [0.2, 0.25) is 0 Å². The number of hydrogen-bond acceptors (Lipinski definition) is 2. The van der Waals surface area contributed by atoms with Gasteiger partial charge in [-0.15, -0.1) is 0 Å². The van der Waals surface area contributed by atoms with Crippen molar-refractivity contribution in [2.75, 3.05) is 0 Å². The molecule has 3 rings (SSSR count). The van der Waals surface area contributed by atoms with Gasteiger partial charge in [0.05, 0.1) is 0 Å². The van der Waals surface area contributed by atoms with Crippen molar-refractivity contribution in [1.82, 2.24) is 5.32 Å². The predicted octanol–water partition coefficient (Wildman–Crippen LogP) is 2.69. The summed E-state index contributed by atoms with van der Waals surface area (Å²) in [5.74, 6) is 2.40. The highest BCUT2D eigenvalue weighted by atomic mass is 16.2. The average Bonchev–Trinajstić information content (AvgIpc) is 3.26. The number of rotatable bonds is 4. The van der Waals surface area contributed by atoms with Crippen LogP contribution in [-0.4, -0.2) is 18.0 Å². The Labute approximate surface area is 123 Å². The molecule has 114 valence electrons. The summed E-state index contributed by atoms with van der Waals surface area (Å²) in [6.07, 6.45) is 7.20. The Kier molecular flexibility index (Phi) is 3.60. The molecule has 3 saturated carbocycles. The van der Waals surface area contributed by atoms with Crippen LogP contribution in [0.4, 0.5) is 0 Å². The second-order valence-corrected chi connectivity index (χ2v) is 8.11. The highest BCUT2D eigenvalue weighted by molar-refractivity contribution is 5.80. The minimum atomic E-state index is 0.0133. The molecule has 3 nitrogen and oxygen atoms in total. The molecule has 3 aliphatic rings. The minimum Gasteiger partial charge on any atom is -0.353 e. The van der Waals surface area contributed by atoms with Gasteiger partial charge in [-0.2, -0.15) is 0 Å². The van der Waals surface area contributed by atoms with Crippen LogP contribution in [0.15, 0.2) is 0 Å². The van der Waals surface area contributed by atoms with Gasteiger partial charge in [-0.1, -0.05) is 20.8 Å². The van der Waals surface area contributed by atoms with Crippen molar-refractivity contribution in [1.29, 1.82) is 0 Å². The lowest BCUT2D eigenvalue weighted by Crippen LogP contribution is -2.53. The zero-order chi connectivity index (χ0) is 14.5. The standard InChI is InChI=1S/C17H30N2O/c1-10-14(18)9-8-13(17(10,2)3)16(20)19-15(11-4-5-11)12-6-7-12/h10-15H,4-9,18H2,1-3H3,(H,19,20). The van der Waals surface area contributed by atoms with E-state index >= 15 is 0 Å². The van der Waals surface area contributed by atoms with E-state index in [1.165, 1.54) is 25.7 Å². The second-order valence-electron chi connectivity index (χ2n) is 8.11. The molecule has 0 heterocycles. The Hall–Kier alpha value is -0.570. The summed E-state index contributed by atoms with van der Waals surface area (Å²) in [7, 11) is 0. The van der Waals surface area contributed by atoms with Gasteiger partial charge < -0.3 is 11.1 Å². The number of nitrogens with two attached hydrogens (primary N) is 1. The van der Waals surface area contributed by atoms with E-state index in [1.807, 2.05) is 0 Å². The molecule has 0 aromatic rings. The quantitative estimate of drug-likeness (QED) is 0.830. The molecular weight excluding hydrogens is 248 g/mol. The van der Waals surface area contributed by atoms with E-state index in [2.05, 4.69) is 26.1 Å². The number of carbonyl (C=O) groups excluding carboxylic acids is 1. The summed E-state index contributed by atoms with van der Waals surface area (Å²) in [6.45, 7) is 6.66. The van der Waals surface area contributed by atoms with E-state index in [1.54, 1.807) is 0 Å². The van der Waals surface area contributed by atoms with Gasteiger partial charge in [0, 0.05) is 18.0 Å². The monoisotopic (exact) mass is 278 g/mol. The third-order valence-corrected chi connectivity index (χ3v) is 6.39. The molecule has 0 spiro atoms. The van der Waals surface area contributed by atoms with Gasteiger partial charge in [-0.25, -0.2) is 0 Å². The first-order chi connectivity index (χ1) is 9.41. The predicted molar refractivity (Wildman–Crippen MR) is 81.0 cm³/mol. The summed E-state index contributed by atoms with van der Waals surface area (Å²) in [5.41, 5.74) is 6.22. The first kappa shape index (κ1) is 14.4. The molecule has 0 saturated heterocycles. The van der Waals surface area contributed by atoms with E-state index in [0.29, 0.717) is 17.9 Å². The number of hydrogen-bond donors (Lipinski definition) is 2. The van der Waals surface area contributed by atoms with Gasteiger partial charge >= 0.3 is 0 Å². The lowest BCUT2D eigenvalue weighted by molar-refractivity contribution is -0.133. The molecule has 0 aromatic heterocycles. The summed E-state index contributed by atoms with van der Waals surface area (Å²) in [4.78, 5) is 12.8. The zero-order valence-corrected chi connectivity index (χ0v) is 13.2. The van der Waals surface area contributed by atoms with Crippen LogP contribution < -0.4 is 11.1 Å². The van der Waals surface area contributed by atoms with Crippen LogP contribution in [0.25, 0.3) is 0 Å². The van der Waals surface area contributed by atoms with Crippen LogP contribution in [0.3, 0.4) is 0 Å². The summed E-state index contributed by atoms with van der Waals surface area (Å²) >= 11 is 0.